The summed E-state index contributed by atoms with van der Waals surface area (Å²) in [5.74, 6) is 0.330. The lowest BCUT2D eigenvalue weighted by Crippen LogP contribution is -1.97. The maximum Gasteiger partial charge on any atom is 0.129 e. The summed E-state index contributed by atoms with van der Waals surface area (Å²) in [5, 5.41) is 8.91. The standard InChI is InChI=1S/C9H20O.C9H18O/c2*1-3-4-5-6-7-8-9(2)10/h9-10H,3-8H2,1-2H3;3-8H2,1-2H3. The topological polar surface area (TPSA) is 37.3 Å². The van der Waals surface area contributed by atoms with Crippen LogP contribution in [0, 0.1) is 0 Å². The molecule has 0 aliphatic rings. The normalized spacial score (nSPS) is 11.7. The second-order valence-electron chi connectivity index (χ2n) is 5.92. The lowest BCUT2D eigenvalue weighted by atomic mass is 10.1. The molecule has 0 heterocycles. The second kappa shape index (κ2) is 18.6. The lowest BCUT2D eigenvalue weighted by Gasteiger charge is -2.02. The van der Waals surface area contributed by atoms with Crippen LogP contribution in [0.3, 0.4) is 0 Å². The van der Waals surface area contributed by atoms with Crippen molar-refractivity contribution >= 4 is 5.78 Å². The third-order valence-corrected chi connectivity index (χ3v) is 3.36. The summed E-state index contributed by atoms with van der Waals surface area (Å²) < 4.78 is 0. The predicted octanol–water partition coefficient (Wildman–Crippen LogP) is 5.66. The van der Waals surface area contributed by atoms with Crippen molar-refractivity contribution in [2.24, 2.45) is 0 Å². The molecule has 2 heteroatoms. The van der Waals surface area contributed by atoms with E-state index in [0.717, 1.165) is 19.3 Å². The molecule has 0 bridgehead atoms. The van der Waals surface area contributed by atoms with E-state index in [1.165, 1.54) is 57.8 Å². The number of ketones is 1. The van der Waals surface area contributed by atoms with Crippen molar-refractivity contribution in [2.45, 2.75) is 111 Å². The van der Waals surface area contributed by atoms with Crippen molar-refractivity contribution < 1.29 is 9.90 Å². The number of hydrogen-bond acceptors (Lipinski definition) is 2. The van der Waals surface area contributed by atoms with Crippen LogP contribution in [-0.4, -0.2) is 17.0 Å². The number of rotatable bonds is 12. The van der Waals surface area contributed by atoms with Crippen LogP contribution in [0.15, 0.2) is 0 Å². The van der Waals surface area contributed by atoms with E-state index in [1.54, 1.807) is 6.92 Å². The van der Waals surface area contributed by atoms with Gasteiger partial charge < -0.3 is 9.90 Å². The highest BCUT2D eigenvalue weighted by Crippen LogP contribution is 2.06. The summed E-state index contributed by atoms with van der Waals surface area (Å²) in [6.45, 7) is 7.94. The zero-order valence-electron chi connectivity index (χ0n) is 14.4. The quantitative estimate of drug-likeness (QED) is 0.470. The van der Waals surface area contributed by atoms with E-state index in [4.69, 9.17) is 5.11 Å². The van der Waals surface area contributed by atoms with Crippen LogP contribution in [0.2, 0.25) is 0 Å². The van der Waals surface area contributed by atoms with Gasteiger partial charge in [0.25, 0.3) is 0 Å². The molecule has 0 aromatic carbocycles. The summed E-state index contributed by atoms with van der Waals surface area (Å²) in [6.07, 6.45) is 14.3. The molecule has 0 aliphatic heterocycles. The van der Waals surface area contributed by atoms with E-state index >= 15 is 0 Å². The zero-order chi connectivity index (χ0) is 15.6. The van der Waals surface area contributed by atoms with Crippen LogP contribution < -0.4 is 0 Å². The third kappa shape index (κ3) is 26.2. The molecule has 0 aromatic rings. The second-order valence-corrected chi connectivity index (χ2v) is 5.92. The number of aliphatic hydroxyl groups excluding tert-OH is 1. The van der Waals surface area contributed by atoms with Crippen LogP contribution in [-0.2, 0) is 4.79 Å². The highest BCUT2D eigenvalue weighted by atomic mass is 16.3. The van der Waals surface area contributed by atoms with Gasteiger partial charge in [-0.2, -0.15) is 0 Å². The van der Waals surface area contributed by atoms with Gasteiger partial charge in [-0.1, -0.05) is 71.6 Å². The maximum atomic E-state index is 10.5. The van der Waals surface area contributed by atoms with Gasteiger partial charge in [0.1, 0.15) is 5.78 Å². The van der Waals surface area contributed by atoms with E-state index in [2.05, 4.69) is 13.8 Å². The van der Waals surface area contributed by atoms with Crippen LogP contribution in [0.25, 0.3) is 0 Å². The number of aliphatic hydroxyl groups is 1. The number of carbonyl (C=O) groups is 1. The fourth-order valence-corrected chi connectivity index (χ4v) is 2.02. The number of unbranched alkanes of at least 4 members (excludes halogenated alkanes) is 8. The van der Waals surface area contributed by atoms with Crippen LogP contribution >= 0.6 is 0 Å². The molecule has 0 spiro atoms. The maximum absolute atomic E-state index is 10.5. The van der Waals surface area contributed by atoms with Gasteiger partial charge in [-0.05, 0) is 26.7 Å². The molecule has 1 atom stereocenters. The highest BCUT2D eigenvalue weighted by molar-refractivity contribution is 5.75. The highest BCUT2D eigenvalue weighted by Gasteiger charge is 1.94. The van der Waals surface area contributed by atoms with Crippen molar-refractivity contribution in [2.75, 3.05) is 0 Å². The van der Waals surface area contributed by atoms with E-state index in [9.17, 15) is 4.79 Å². The van der Waals surface area contributed by atoms with E-state index < -0.39 is 0 Å². The van der Waals surface area contributed by atoms with Gasteiger partial charge in [0, 0.05) is 6.42 Å². The Hall–Kier alpha value is -0.370. The molecule has 0 aromatic heterocycles. The fraction of sp³-hybridized carbons (Fsp3) is 0.944. The van der Waals surface area contributed by atoms with Crippen molar-refractivity contribution in [1.82, 2.24) is 0 Å². The zero-order valence-corrected chi connectivity index (χ0v) is 14.4. The largest absolute Gasteiger partial charge is 0.393 e. The smallest absolute Gasteiger partial charge is 0.129 e. The Morgan fingerprint density at radius 3 is 1.70 bits per heavy atom. The Kier molecular flexibility index (Phi) is 20.4. The van der Waals surface area contributed by atoms with E-state index in [1.807, 2.05) is 6.92 Å². The van der Waals surface area contributed by atoms with Gasteiger partial charge in [0.05, 0.1) is 6.10 Å². The van der Waals surface area contributed by atoms with Gasteiger partial charge in [0.15, 0.2) is 0 Å². The Morgan fingerprint density at radius 2 is 1.30 bits per heavy atom. The molecule has 0 saturated carbocycles. The minimum absolute atomic E-state index is 0.0957. The Morgan fingerprint density at radius 1 is 0.850 bits per heavy atom. The fourth-order valence-electron chi connectivity index (χ4n) is 2.02. The van der Waals surface area contributed by atoms with Gasteiger partial charge >= 0.3 is 0 Å². The van der Waals surface area contributed by atoms with Crippen LogP contribution in [0.5, 0.6) is 0 Å². The molecule has 1 N–H and O–H groups in total. The molecule has 0 fully saturated rings. The summed E-state index contributed by atoms with van der Waals surface area (Å²) in [6, 6.07) is 0. The monoisotopic (exact) mass is 286 g/mol. The van der Waals surface area contributed by atoms with Gasteiger partial charge in [0.2, 0.25) is 0 Å². The summed E-state index contributed by atoms with van der Waals surface area (Å²) >= 11 is 0. The molecule has 122 valence electrons. The Balaban J connectivity index is 0. The first-order valence-corrected chi connectivity index (χ1v) is 8.72. The number of hydrogen-bond donors (Lipinski definition) is 1. The molecule has 0 amide bonds. The van der Waals surface area contributed by atoms with Gasteiger partial charge in [-0.15, -0.1) is 0 Å². The molecular formula is C18H38O2. The van der Waals surface area contributed by atoms with E-state index in [-0.39, 0.29) is 6.10 Å². The van der Waals surface area contributed by atoms with Crippen molar-refractivity contribution in [1.29, 1.82) is 0 Å². The minimum atomic E-state index is -0.0957. The van der Waals surface area contributed by atoms with Crippen molar-refractivity contribution in [3.63, 3.8) is 0 Å². The van der Waals surface area contributed by atoms with Crippen LogP contribution in [0.4, 0.5) is 0 Å². The first-order valence-electron chi connectivity index (χ1n) is 8.72. The summed E-state index contributed by atoms with van der Waals surface area (Å²) in [4.78, 5) is 10.5. The average Bonchev–Trinajstić information content (AvgIpc) is 2.38. The third-order valence-electron chi connectivity index (χ3n) is 3.36. The average molecular weight is 286 g/mol. The Labute approximate surface area is 127 Å². The minimum Gasteiger partial charge on any atom is -0.393 e. The summed E-state index contributed by atoms with van der Waals surface area (Å²) in [5.41, 5.74) is 0. The van der Waals surface area contributed by atoms with Gasteiger partial charge in [-0.25, -0.2) is 0 Å². The molecule has 20 heavy (non-hydrogen) atoms. The van der Waals surface area contributed by atoms with Gasteiger partial charge in [-0.3, -0.25) is 0 Å². The molecule has 0 rings (SSSR count). The predicted molar refractivity (Wildman–Crippen MR) is 89.1 cm³/mol. The Bertz CT molecular complexity index is 188. The first kappa shape index (κ1) is 21.9. The molecule has 2 nitrogen and oxygen atoms in total. The van der Waals surface area contributed by atoms with E-state index in [0.29, 0.717) is 5.78 Å². The van der Waals surface area contributed by atoms with Crippen LogP contribution in [0.1, 0.15) is 105 Å². The molecule has 1 unspecified atom stereocenters. The molecule has 0 radical (unpaired) electrons. The van der Waals surface area contributed by atoms with Crippen molar-refractivity contribution in [3.05, 3.63) is 0 Å². The number of carbonyl (C=O) groups excluding carboxylic acids is 1. The number of Topliss-reactive ketones (excluding diaryl/α,β-unsaturated/α-hetero) is 1. The molecule has 0 aliphatic carbocycles. The SMILES string of the molecule is CCCCCCCC(C)=O.CCCCCCCC(C)O. The first-order chi connectivity index (χ1) is 9.54. The van der Waals surface area contributed by atoms with Crippen molar-refractivity contribution in [3.8, 4) is 0 Å². The molecular weight excluding hydrogens is 248 g/mol. The molecule has 0 saturated heterocycles. The lowest BCUT2D eigenvalue weighted by molar-refractivity contribution is -0.117. The summed E-state index contributed by atoms with van der Waals surface area (Å²) in [7, 11) is 0.